The highest BCUT2D eigenvalue weighted by atomic mass is 35.5. The Balaban J connectivity index is 0.00000208. The molecule has 4 nitrogen and oxygen atoms in total. The van der Waals surface area contributed by atoms with Gasteiger partial charge in [-0.1, -0.05) is 13.0 Å². The lowest BCUT2D eigenvalue weighted by Gasteiger charge is -2.23. The predicted molar refractivity (Wildman–Crippen MR) is 94.0 cm³/mol. The van der Waals surface area contributed by atoms with Crippen LogP contribution in [-0.2, 0) is 4.79 Å². The van der Waals surface area contributed by atoms with Crippen LogP contribution in [0.2, 0.25) is 0 Å². The van der Waals surface area contributed by atoms with E-state index in [9.17, 15) is 9.18 Å². The molecule has 2 N–H and O–H groups in total. The number of amides is 1. The smallest absolute Gasteiger partial charge is 0.223 e. The zero-order chi connectivity index (χ0) is 16.3. The van der Waals surface area contributed by atoms with E-state index in [2.05, 4.69) is 10.6 Å². The highest BCUT2D eigenvalue weighted by molar-refractivity contribution is 5.85. The number of piperidine rings is 1. The molecule has 6 heteroatoms. The summed E-state index contributed by atoms with van der Waals surface area (Å²) in [5.41, 5.74) is 0.250. The van der Waals surface area contributed by atoms with Gasteiger partial charge >= 0.3 is 0 Å². The van der Waals surface area contributed by atoms with E-state index in [4.69, 9.17) is 4.74 Å². The first-order valence-electron chi connectivity index (χ1n) is 8.53. The lowest BCUT2D eigenvalue weighted by molar-refractivity contribution is -0.123. The zero-order valence-corrected chi connectivity index (χ0v) is 14.8. The minimum Gasteiger partial charge on any atom is -0.489 e. The topological polar surface area (TPSA) is 50.4 Å². The maximum Gasteiger partial charge on any atom is 0.223 e. The molecule has 1 saturated carbocycles. The summed E-state index contributed by atoms with van der Waals surface area (Å²) in [6, 6.07) is 6.12. The van der Waals surface area contributed by atoms with Gasteiger partial charge in [0.1, 0.15) is 17.7 Å². The van der Waals surface area contributed by atoms with Crippen LogP contribution in [0.15, 0.2) is 24.3 Å². The minimum atomic E-state index is -0.313. The first-order chi connectivity index (χ1) is 11.1. The van der Waals surface area contributed by atoms with E-state index in [0.29, 0.717) is 12.3 Å². The van der Waals surface area contributed by atoms with Crippen molar-refractivity contribution < 1.29 is 13.9 Å². The molecule has 1 spiro atoms. The molecule has 1 aliphatic heterocycles. The Morgan fingerprint density at radius 2 is 2.21 bits per heavy atom. The van der Waals surface area contributed by atoms with Crippen molar-refractivity contribution in [2.75, 3.05) is 19.6 Å². The van der Waals surface area contributed by atoms with Gasteiger partial charge in [0.15, 0.2) is 0 Å². The van der Waals surface area contributed by atoms with Crippen LogP contribution in [-0.4, -0.2) is 31.6 Å². The van der Waals surface area contributed by atoms with E-state index in [1.165, 1.54) is 12.1 Å². The molecule has 0 aromatic heterocycles. The lowest BCUT2D eigenvalue weighted by atomic mass is 9.92. The van der Waals surface area contributed by atoms with Gasteiger partial charge in [0.25, 0.3) is 0 Å². The Labute approximate surface area is 148 Å². The second kappa shape index (κ2) is 8.17. The Morgan fingerprint density at radius 3 is 2.88 bits per heavy atom. The normalized spacial score (nSPS) is 22.3. The number of carbonyl (C=O) groups excluding carboxylic acids is 1. The molecule has 1 aliphatic carbocycles. The molecule has 2 atom stereocenters. The number of rotatable bonds is 6. The van der Waals surface area contributed by atoms with Crippen LogP contribution in [0.3, 0.4) is 0 Å². The van der Waals surface area contributed by atoms with Gasteiger partial charge in [-0.15, -0.1) is 12.4 Å². The third-order valence-electron chi connectivity index (χ3n) is 5.16. The van der Waals surface area contributed by atoms with Crippen LogP contribution < -0.4 is 15.4 Å². The Bertz CT molecular complexity index is 564. The van der Waals surface area contributed by atoms with Crippen LogP contribution in [0.5, 0.6) is 5.75 Å². The summed E-state index contributed by atoms with van der Waals surface area (Å²) in [5, 5.41) is 6.37. The average Bonchev–Trinajstić information content (AvgIpc) is 3.25. The Hall–Kier alpha value is -1.33. The van der Waals surface area contributed by atoms with Gasteiger partial charge in [-0.25, -0.2) is 4.39 Å². The van der Waals surface area contributed by atoms with Crippen LogP contribution in [0.4, 0.5) is 4.39 Å². The molecule has 2 unspecified atom stereocenters. The second-order valence-electron chi connectivity index (χ2n) is 6.72. The summed E-state index contributed by atoms with van der Waals surface area (Å²) in [6.45, 7) is 4.51. The summed E-state index contributed by atoms with van der Waals surface area (Å²) in [5.74, 6) is 0.504. The maximum atomic E-state index is 13.2. The third kappa shape index (κ3) is 4.39. The molecule has 2 aliphatic rings. The Kier molecular flexibility index (Phi) is 6.47. The van der Waals surface area contributed by atoms with Crippen molar-refractivity contribution >= 4 is 18.3 Å². The minimum absolute atomic E-state index is 0. The van der Waals surface area contributed by atoms with Gasteiger partial charge in [0.2, 0.25) is 5.91 Å². The zero-order valence-electron chi connectivity index (χ0n) is 14.0. The van der Waals surface area contributed by atoms with Gasteiger partial charge < -0.3 is 15.4 Å². The van der Waals surface area contributed by atoms with Crippen molar-refractivity contribution in [3.05, 3.63) is 30.1 Å². The van der Waals surface area contributed by atoms with Crippen LogP contribution in [0, 0.1) is 17.2 Å². The molecular weight excluding hydrogens is 331 g/mol. The summed E-state index contributed by atoms with van der Waals surface area (Å²) in [6.07, 6.45) is 3.84. The monoisotopic (exact) mass is 356 g/mol. The fraction of sp³-hybridized carbons (Fsp3) is 0.611. The molecular formula is C18H26ClFN2O2. The van der Waals surface area contributed by atoms with Crippen molar-refractivity contribution in [2.45, 2.75) is 38.7 Å². The van der Waals surface area contributed by atoms with Crippen molar-refractivity contribution in [3.63, 3.8) is 0 Å². The molecule has 0 bridgehead atoms. The molecule has 24 heavy (non-hydrogen) atoms. The fourth-order valence-corrected chi connectivity index (χ4v) is 3.54. The number of carbonyl (C=O) groups is 1. The van der Waals surface area contributed by atoms with E-state index in [-0.39, 0.29) is 41.6 Å². The van der Waals surface area contributed by atoms with E-state index < -0.39 is 0 Å². The number of halogens is 2. The highest BCUT2D eigenvalue weighted by Gasteiger charge is 2.57. The molecule has 1 aromatic rings. The third-order valence-corrected chi connectivity index (χ3v) is 5.16. The van der Waals surface area contributed by atoms with E-state index in [1.54, 1.807) is 12.1 Å². The standard InChI is InChI=1S/C18H25FN2O2.ClH/c1-2-14(23-15-5-3-4-13(19)10-15)12-21-17(22)16-11-18(16)6-8-20-9-7-18;/h3-5,10,14,16,20H,2,6-9,11-12H2,1H3,(H,21,22);1H. The number of hydrogen-bond acceptors (Lipinski definition) is 3. The number of benzene rings is 1. The molecule has 134 valence electrons. The van der Waals surface area contributed by atoms with Gasteiger partial charge in [0.05, 0.1) is 6.54 Å². The SMILES string of the molecule is CCC(CNC(=O)C1CC12CCNCC2)Oc1cccc(F)c1.Cl. The molecule has 1 aromatic carbocycles. The molecule has 1 heterocycles. The first kappa shape index (κ1) is 19.0. The van der Waals surface area contributed by atoms with Gasteiger partial charge in [-0.05, 0) is 56.3 Å². The van der Waals surface area contributed by atoms with Gasteiger partial charge in [-0.3, -0.25) is 4.79 Å². The molecule has 3 rings (SSSR count). The van der Waals surface area contributed by atoms with E-state index in [1.807, 2.05) is 6.92 Å². The predicted octanol–water partition coefficient (Wildman–Crippen LogP) is 2.91. The molecule has 0 radical (unpaired) electrons. The Morgan fingerprint density at radius 1 is 1.46 bits per heavy atom. The van der Waals surface area contributed by atoms with Crippen molar-refractivity contribution in [3.8, 4) is 5.75 Å². The summed E-state index contributed by atoms with van der Waals surface area (Å²) in [4.78, 5) is 12.4. The summed E-state index contributed by atoms with van der Waals surface area (Å²) >= 11 is 0. The quantitative estimate of drug-likeness (QED) is 0.824. The summed E-state index contributed by atoms with van der Waals surface area (Å²) < 4.78 is 19.0. The van der Waals surface area contributed by atoms with Gasteiger partial charge in [0, 0.05) is 12.0 Å². The molecule has 1 amide bonds. The largest absolute Gasteiger partial charge is 0.489 e. The first-order valence-corrected chi connectivity index (χ1v) is 8.53. The average molecular weight is 357 g/mol. The van der Waals surface area contributed by atoms with Crippen molar-refractivity contribution in [1.82, 2.24) is 10.6 Å². The van der Waals surface area contributed by atoms with Gasteiger partial charge in [-0.2, -0.15) is 0 Å². The van der Waals surface area contributed by atoms with E-state index in [0.717, 1.165) is 38.8 Å². The summed E-state index contributed by atoms with van der Waals surface area (Å²) in [7, 11) is 0. The number of hydrogen-bond donors (Lipinski definition) is 2. The van der Waals surface area contributed by atoms with Crippen molar-refractivity contribution in [2.24, 2.45) is 11.3 Å². The van der Waals surface area contributed by atoms with Crippen LogP contribution in [0.1, 0.15) is 32.6 Å². The maximum absolute atomic E-state index is 13.2. The molecule has 2 fully saturated rings. The molecule has 1 saturated heterocycles. The van der Waals surface area contributed by atoms with Crippen molar-refractivity contribution in [1.29, 1.82) is 0 Å². The fourth-order valence-electron chi connectivity index (χ4n) is 3.54. The highest BCUT2D eigenvalue weighted by Crippen LogP contribution is 2.58. The number of ether oxygens (including phenoxy) is 1. The second-order valence-corrected chi connectivity index (χ2v) is 6.72. The van der Waals surface area contributed by atoms with Crippen LogP contribution >= 0.6 is 12.4 Å². The van der Waals surface area contributed by atoms with E-state index >= 15 is 0 Å². The lowest BCUT2D eigenvalue weighted by Crippen LogP contribution is -2.38. The number of nitrogens with one attached hydrogen (secondary N) is 2. The van der Waals surface area contributed by atoms with Crippen LogP contribution in [0.25, 0.3) is 0 Å².